The van der Waals surface area contributed by atoms with Crippen molar-refractivity contribution in [1.82, 2.24) is 0 Å². The number of hydrogen-bond donors (Lipinski definition) is 2. The molecule has 1 spiro atoms. The van der Waals surface area contributed by atoms with Gasteiger partial charge in [0.1, 0.15) is 0 Å². The van der Waals surface area contributed by atoms with E-state index in [1.165, 1.54) is 24.7 Å². The Labute approximate surface area is 159 Å². The zero-order chi connectivity index (χ0) is 19.2. The van der Waals surface area contributed by atoms with Crippen molar-refractivity contribution in [2.75, 3.05) is 7.11 Å². The Balaban J connectivity index is 1.63. The van der Waals surface area contributed by atoms with E-state index in [1.54, 1.807) is 6.07 Å². The third-order valence-corrected chi connectivity index (χ3v) is 8.14. The number of aliphatic hydroxyl groups is 1. The molecule has 4 aliphatic carbocycles. The van der Waals surface area contributed by atoms with Gasteiger partial charge in [-0.25, -0.2) is 0 Å². The maximum absolute atomic E-state index is 11.4. The summed E-state index contributed by atoms with van der Waals surface area (Å²) in [5, 5.41) is 15.7. The molecule has 3 N–H and O–H groups in total. The molecule has 0 saturated heterocycles. The van der Waals surface area contributed by atoms with Gasteiger partial charge in [-0.05, 0) is 73.3 Å². The first-order chi connectivity index (χ1) is 12.7. The van der Waals surface area contributed by atoms with Crippen LogP contribution in [-0.2, 0) is 16.7 Å². The van der Waals surface area contributed by atoms with E-state index in [-0.39, 0.29) is 22.7 Å². The molecule has 0 bridgehead atoms. The summed E-state index contributed by atoms with van der Waals surface area (Å²) in [6, 6.07) is 3.65. The van der Waals surface area contributed by atoms with E-state index in [2.05, 4.69) is 6.92 Å². The van der Waals surface area contributed by atoms with Crippen LogP contribution in [0, 0.1) is 16.7 Å². The summed E-state index contributed by atoms with van der Waals surface area (Å²) < 4.78 is 33.1. The molecule has 146 valence electrons. The molecule has 27 heavy (non-hydrogen) atoms. The van der Waals surface area contributed by atoms with Crippen LogP contribution < -0.4 is 14.1 Å². The van der Waals surface area contributed by atoms with Crippen LogP contribution in [0.1, 0.15) is 50.2 Å². The Kier molecular flexibility index (Phi) is 3.42. The molecule has 2 fully saturated rings. The summed E-state index contributed by atoms with van der Waals surface area (Å²) in [6.45, 7) is 2.27. The summed E-state index contributed by atoms with van der Waals surface area (Å²) in [4.78, 5) is 0. The molecular weight excluding hydrogens is 366 g/mol. The number of allylic oxidation sites excluding steroid dienone is 2. The van der Waals surface area contributed by atoms with Gasteiger partial charge in [0, 0.05) is 10.8 Å². The highest BCUT2D eigenvalue weighted by Crippen LogP contribution is 2.80. The molecule has 4 atom stereocenters. The van der Waals surface area contributed by atoms with E-state index < -0.39 is 10.3 Å². The molecular formula is C20H25NO5S. The highest BCUT2D eigenvalue weighted by molar-refractivity contribution is 7.84. The quantitative estimate of drug-likeness (QED) is 0.825. The molecule has 0 aromatic heterocycles. The van der Waals surface area contributed by atoms with Gasteiger partial charge in [-0.2, -0.15) is 13.6 Å². The molecule has 0 amide bonds. The van der Waals surface area contributed by atoms with E-state index in [1.807, 2.05) is 6.07 Å². The largest absolute Gasteiger partial charge is 0.493 e. The number of aryl methyl sites for hydroxylation is 1. The summed E-state index contributed by atoms with van der Waals surface area (Å²) in [5.74, 6) is 1.12. The van der Waals surface area contributed by atoms with Crippen LogP contribution in [0.2, 0.25) is 0 Å². The van der Waals surface area contributed by atoms with Crippen molar-refractivity contribution in [1.29, 1.82) is 0 Å². The van der Waals surface area contributed by atoms with Crippen LogP contribution in [0.25, 0.3) is 5.57 Å². The van der Waals surface area contributed by atoms with Gasteiger partial charge >= 0.3 is 10.3 Å². The zero-order valence-electron chi connectivity index (χ0n) is 15.6. The minimum Gasteiger partial charge on any atom is -0.493 e. The topological polar surface area (TPSA) is 98.9 Å². The predicted octanol–water partition coefficient (Wildman–Crippen LogP) is 2.55. The van der Waals surface area contributed by atoms with Crippen molar-refractivity contribution < 1.29 is 22.4 Å². The number of methoxy groups -OCH3 is 1. The third-order valence-electron chi connectivity index (χ3n) is 7.73. The number of hydrogen-bond acceptors (Lipinski definition) is 5. The smallest absolute Gasteiger partial charge is 0.380 e. The Morgan fingerprint density at radius 2 is 2.00 bits per heavy atom. The van der Waals surface area contributed by atoms with Crippen LogP contribution in [0.4, 0.5) is 0 Å². The summed E-state index contributed by atoms with van der Waals surface area (Å²) >= 11 is 0. The zero-order valence-corrected chi connectivity index (χ0v) is 16.4. The van der Waals surface area contributed by atoms with Gasteiger partial charge in [0.2, 0.25) is 0 Å². The lowest BCUT2D eigenvalue weighted by Crippen LogP contribution is -2.41. The fraction of sp³-hybridized carbons (Fsp3) is 0.600. The van der Waals surface area contributed by atoms with Crippen LogP contribution >= 0.6 is 0 Å². The van der Waals surface area contributed by atoms with Gasteiger partial charge in [0.15, 0.2) is 11.5 Å². The lowest BCUT2D eigenvalue weighted by atomic mass is 9.59. The van der Waals surface area contributed by atoms with Crippen molar-refractivity contribution in [2.24, 2.45) is 21.9 Å². The first-order valence-corrected chi connectivity index (χ1v) is 11.0. The van der Waals surface area contributed by atoms with Crippen molar-refractivity contribution in [3.63, 3.8) is 0 Å². The van der Waals surface area contributed by atoms with Crippen molar-refractivity contribution >= 4 is 15.9 Å². The van der Waals surface area contributed by atoms with Crippen molar-refractivity contribution in [2.45, 2.75) is 51.6 Å². The molecule has 5 rings (SSSR count). The first-order valence-electron chi connectivity index (χ1n) is 9.53. The number of ether oxygens (including phenoxy) is 1. The summed E-state index contributed by atoms with van der Waals surface area (Å²) in [7, 11) is -2.61. The van der Waals surface area contributed by atoms with Gasteiger partial charge in [-0.1, -0.05) is 12.5 Å². The average Bonchev–Trinajstić information content (AvgIpc) is 3.25. The molecule has 1 aromatic rings. The van der Waals surface area contributed by atoms with E-state index in [9.17, 15) is 13.5 Å². The standard InChI is InChI=1S/C20H25NO5S/c1-19-6-5-13-14-9-16(25-2)17(26-27(21,23)24)7-11(14)3-4-15(13)20(19)10-12(20)8-18(19)22/h7,9,12,18,22H,3-6,8,10H2,1-2H3,(H2,21,23,24)/t12-,18+,19-,20+/m1/s1. The second-order valence-corrected chi connectivity index (χ2v) is 9.89. The highest BCUT2D eigenvalue weighted by Gasteiger charge is 2.74. The van der Waals surface area contributed by atoms with Gasteiger partial charge in [0.05, 0.1) is 13.2 Å². The lowest BCUT2D eigenvalue weighted by molar-refractivity contribution is 0.0114. The number of aliphatic hydroxyl groups excluding tert-OH is 1. The van der Waals surface area contributed by atoms with Crippen LogP contribution in [0.3, 0.4) is 0 Å². The number of benzene rings is 1. The highest BCUT2D eigenvalue weighted by atomic mass is 32.2. The average molecular weight is 391 g/mol. The minimum absolute atomic E-state index is 0.00519. The second-order valence-electron chi connectivity index (χ2n) is 8.73. The minimum atomic E-state index is -4.11. The van der Waals surface area contributed by atoms with Gasteiger partial charge < -0.3 is 14.0 Å². The predicted molar refractivity (Wildman–Crippen MR) is 100 cm³/mol. The second kappa shape index (κ2) is 5.27. The monoisotopic (exact) mass is 391 g/mol. The van der Waals surface area contributed by atoms with Gasteiger partial charge in [0.25, 0.3) is 0 Å². The fourth-order valence-electron chi connectivity index (χ4n) is 6.42. The Morgan fingerprint density at radius 3 is 2.70 bits per heavy atom. The number of fused-ring (bicyclic) bond motifs is 2. The maximum Gasteiger partial charge on any atom is 0.380 e. The molecule has 4 aliphatic rings. The normalized spacial score (nSPS) is 36.4. The Hall–Kier alpha value is -1.57. The van der Waals surface area contributed by atoms with Crippen LogP contribution in [0.15, 0.2) is 17.7 Å². The van der Waals surface area contributed by atoms with Crippen molar-refractivity contribution in [3.05, 3.63) is 28.8 Å². The molecule has 7 heteroatoms. The van der Waals surface area contributed by atoms with E-state index >= 15 is 0 Å². The first kappa shape index (κ1) is 17.5. The molecule has 0 unspecified atom stereocenters. The SMILES string of the molecule is COc1cc2c(cc1OS(N)(=O)=O)CCC1=C2CC[C@]2(C)[C@@H](O)C[C@@H]3C[C@@]132. The molecule has 1 aromatic carbocycles. The molecule has 2 saturated carbocycles. The Bertz CT molecular complexity index is 984. The van der Waals surface area contributed by atoms with E-state index in [4.69, 9.17) is 14.1 Å². The third kappa shape index (κ3) is 2.22. The van der Waals surface area contributed by atoms with Crippen LogP contribution in [0.5, 0.6) is 11.5 Å². The molecule has 0 aliphatic heterocycles. The van der Waals surface area contributed by atoms with Gasteiger partial charge in [-0.3, -0.25) is 0 Å². The number of nitrogens with two attached hydrogens (primary N) is 1. The van der Waals surface area contributed by atoms with Gasteiger partial charge in [-0.15, -0.1) is 0 Å². The van der Waals surface area contributed by atoms with E-state index in [0.29, 0.717) is 11.7 Å². The van der Waals surface area contributed by atoms with E-state index in [0.717, 1.165) is 43.2 Å². The maximum atomic E-state index is 11.4. The van der Waals surface area contributed by atoms with Crippen LogP contribution in [-0.4, -0.2) is 26.7 Å². The van der Waals surface area contributed by atoms with Crippen molar-refractivity contribution in [3.8, 4) is 11.5 Å². The lowest BCUT2D eigenvalue weighted by Gasteiger charge is -2.46. The molecule has 0 radical (unpaired) electrons. The molecule has 6 nitrogen and oxygen atoms in total. The fourth-order valence-corrected chi connectivity index (χ4v) is 6.80. The molecule has 0 heterocycles. The Morgan fingerprint density at radius 1 is 1.22 bits per heavy atom. The summed E-state index contributed by atoms with van der Waals surface area (Å²) in [5.41, 5.74) is 5.26. The number of rotatable bonds is 3. The summed E-state index contributed by atoms with van der Waals surface area (Å²) in [6.07, 6.45) is 5.63.